The smallest absolute Gasteiger partial charge is 0.294 e. The van der Waals surface area contributed by atoms with E-state index in [9.17, 15) is 4.79 Å². The molecule has 1 fully saturated rings. The third-order valence-corrected chi connectivity index (χ3v) is 3.80. The Kier molecular flexibility index (Phi) is 3.04. The van der Waals surface area contributed by atoms with Crippen LogP contribution in [0.2, 0.25) is 0 Å². The molecule has 0 aliphatic heterocycles. The minimum absolute atomic E-state index is 0.154. The molecule has 0 saturated heterocycles. The Bertz CT molecular complexity index is 696. The molecule has 1 heterocycles. The molecular formula is C15H19N3O2. The van der Waals surface area contributed by atoms with Gasteiger partial charge in [0.05, 0.1) is 12.8 Å². The number of rotatable bonds is 4. The van der Waals surface area contributed by atoms with E-state index in [1.54, 1.807) is 11.8 Å². The van der Waals surface area contributed by atoms with Gasteiger partial charge < -0.3 is 10.5 Å². The Hall–Kier alpha value is -2.17. The zero-order chi connectivity index (χ0) is 14.3. The summed E-state index contributed by atoms with van der Waals surface area (Å²) in [6.07, 6.45) is 2.22. The van der Waals surface area contributed by atoms with Crippen LogP contribution in [0.3, 0.4) is 0 Å². The van der Waals surface area contributed by atoms with E-state index in [2.05, 4.69) is 0 Å². The van der Waals surface area contributed by atoms with E-state index in [-0.39, 0.29) is 5.56 Å². The molecule has 0 radical (unpaired) electrons. The first-order valence-electron chi connectivity index (χ1n) is 6.93. The monoisotopic (exact) mass is 273 g/mol. The Morgan fingerprint density at radius 2 is 2.05 bits per heavy atom. The van der Waals surface area contributed by atoms with E-state index in [4.69, 9.17) is 10.5 Å². The number of hydrogen-bond donors (Lipinski definition) is 1. The summed E-state index contributed by atoms with van der Waals surface area (Å²) in [7, 11) is 1.61. The fraction of sp³-hybridized carbons (Fsp3) is 0.400. The first-order valence-corrected chi connectivity index (χ1v) is 6.93. The third kappa shape index (κ3) is 1.81. The van der Waals surface area contributed by atoms with Crippen molar-refractivity contribution in [1.82, 2.24) is 9.36 Å². The zero-order valence-electron chi connectivity index (χ0n) is 11.8. The van der Waals surface area contributed by atoms with Gasteiger partial charge in [-0.25, -0.2) is 4.68 Å². The highest BCUT2D eigenvalue weighted by molar-refractivity contribution is 5.52. The maximum atomic E-state index is 12.5. The van der Waals surface area contributed by atoms with E-state index < -0.39 is 0 Å². The summed E-state index contributed by atoms with van der Waals surface area (Å²) in [6, 6.07) is 7.51. The number of ether oxygens (including phenoxy) is 1. The molecule has 0 bridgehead atoms. The molecular weight excluding hydrogens is 254 g/mol. The van der Waals surface area contributed by atoms with Crippen LogP contribution >= 0.6 is 0 Å². The molecule has 0 amide bonds. The molecule has 1 aliphatic carbocycles. The summed E-state index contributed by atoms with van der Waals surface area (Å²) in [6.45, 7) is 2.73. The van der Waals surface area contributed by atoms with Gasteiger partial charge >= 0.3 is 0 Å². The molecule has 0 spiro atoms. The van der Waals surface area contributed by atoms with Gasteiger partial charge in [0, 0.05) is 12.5 Å². The van der Waals surface area contributed by atoms with E-state index >= 15 is 0 Å². The maximum absolute atomic E-state index is 12.5. The van der Waals surface area contributed by atoms with Crippen molar-refractivity contribution in [2.45, 2.75) is 32.2 Å². The highest BCUT2D eigenvalue weighted by atomic mass is 16.5. The first-order chi connectivity index (χ1) is 9.69. The van der Waals surface area contributed by atoms with Gasteiger partial charge in [-0.1, -0.05) is 12.1 Å². The predicted octanol–water partition coefficient (Wildman–Crippen LogP) is 2.13. The van der Waals surface area contributed by atoms with E-state index in [0.717, 1.165) is 24.2 Å². The average Bonchev–Trinajstić information content (AvgIpc) is 3.27. The summed E-state index contributed by atoms with van der Waals surface area (Å²) in [5.41, 5.74) is 7.99. The van der Waals surface area contributed by atoms with Crippen LogP contribution in [0, 0.1) is 0 Å². The quantitative estimate of drug-likeness (QED) is 0.928. The second kappa shape index (κ2) is 4.74. The molecule has 1 aliphatic rings. The zero-order valence-corrected chi connectivity index (χ0v) is 11.8. The van der Waals surface area contributed by atoms with Crippen LogP contribution in [0.4, 0.5) is 5.69 Å². The van der Waals surface area contributed by atoms with Crippen molar-refractivity contribution in [1.29, 1.82) is 0 Å². The second-order valence-electron chi connectivity index (χ2n) is 5.08. The minimum atomic E-state index is -0.154. The van der Waals surface area contributed by atoms with Crippen molar-refractivity contribution in [2.75, 3.05) is 12.8 Å². The number of para-hydroxylation sites is 2. The Balaban J connectivity index is 2.28. The van der Waals surface area contributed by atoms with Gasteiger partial charge in [-0.05, 0) is 31.9 Å². The molecule has 106 valence electrons. The van der Waals surface area contributed by atoms with Crippen molar-refractivity contribution in [3.8, 4) is 11.4 Å². The van der Waals surface area contributed by atoms with Gasteiger partial charge in [-0.15, -0.1) is 0 Å². The van der Waals surface area contributed by atoms with Gasteiger partial charge in [-0.3, -0.25) is 9.48 Å². The highest BCUT2D eigenvalue weighted by Gasteiger charge is 2.32. The molecule has 2 N–H and O–H groups in total. The fourth-order valence-electron chi connectivity index (χ4n) is 2.72. The van der Waals surface area contributed by atoms with E-state index in [1.807, 2.05) is 35.9 Å². The lowest BCUT2D eigenvalue weighted by atomic mass is 10.2. The molecule has 1 saturated carbocycles. The number of anilines is 1. The maximum Gasteiger partial charge on any atom is 0.294 e. The molecule has 1 aromatic heterocycles. The summed E-state index contributed by atoms with van der Waals surface area (Å²) in [5.74, 6) is 1.10. The van der Waals surface area contributed by atoms with Crippen LogP contribution in [0.1, 0.15) is 31.4 Å². The number of benzene rings is 1. The van der Waals surface area contributed by atoms with E-state index in [1.165, 1.54) is 0 Å². The number of methoxy groups -OCH3 is 1. The van der Waals surface area contributed by atoms with Crippen molar-refractivity contribution in [3.63, 3.8) is 0 Å². The van der Waals surface area contributed by atoms with Crippen LogP contribution in [-0.2, 0) is 6.54 Å². The van der Waals surface area contributed by atoms with Crippen LogP contribution in [0.5, 0.6) is 5.75 Å². The standard InChI is InChI=1S/C15H19N3O2/c1-3-17-14(10-8-9-10)13(16)15(19)18(17)11-6-4-5-7-12(11)20-2/h4-7,10H,3,8-9,16H2,1-2H3. The van der Waals surface area contributed by atoms with E-state index in [0.29, 0.717) is 23.9 Å². The number of nitrogens with zero attached hydrogens (tertiary/aromatic N) is 2. The van der Waals surface area contributed by atoms with Gasteiger partial charge in [0.2, 0.25) is 0 Å². The van der Waals surface area contributed by atoms with Crippen LogP contribution in [0.25, 0.3) is 5.69 Å². The van der Waals surface area contributed by atoms with Gasteiger partial charge in [0.25, 0.3) is 5.56 Å². The Morgan fingerprint density at radius 3 is 2.65 bits per heavy atom. The molecule has 3 rings (SSSR count). The molecule has 5 nitrogen and oxygen atoms in total. The molecule has 2 aromatic rings. The molecule has 5 heteroatoms. The van der Waals surface area contributed by atoms with Gasteiger partial charge in [0.1, 0.15) is 17.1 Å². The third-order valence-electron chi connectivity index (χ3n) is 3.80. The SMILES string of the molecule is CCn1c(C2CC2)c(N)c(=O)n1-c1ccccc1OC. The second-order valence-corrected chi connectivity index (χ2v) is 5.08. The highest BCUT2D eigenvalue weighted by Crippen LogP contribution is 2.42. The van der Waals surface area contributed by atoms with Crippen LogP contribution in [-0.4, -0.2) is 16.5 Å². The molecule has 1 aromatic carbocycles. The van der Waals surface area contributed by atoms with Crippen molar-refractivity contribution >= 4 is 5.69 Å². The predicted molar refractivity (Wildman–Crippen MR) is 78.6 cm³/mol. The van der Waals surface area contributed by atoms with Crippen LogP contribution < -0.4 is 16.0 Å². The molecule has 0 unspecified atom stereocenters. The summed E-state index contributed by atoms with van der Waals surface area (Å²) in [4.78, 5) is 12.5. The van der Waals surface area contributed by atoms with Gasteiger partial charge in [0.15, 0.2) is 0 Å². The van der Waals surface area contributed by atoms with Crippen molar-refractivity contribution in [3.05, 3.63) is 40.3 Å². The molecule has 20 heavy (non-hydrogen) atoms. The normalized spacial score (nSPS) is 14.5. The summed E-state index contributed by atoms with van der Waals surface area (Å²) >= 11 is 0. The largest absolute Gasteiger partial charge is 0.494 e. The summed E-state index contributed by atoms with van der Waals surface area (Å²) in [5, 5.41) is 0. The Morgan fingerprint density at radius 1 is 1.35 bits per heavy atom. The Labute approximate surface area is 117 Å². The topological polar surface area (TPSA) is 62.2 Å². The van der Waals surface area contributed by atoms with Crippen molar-refractivity contribution < 1.29 is 4.74 Å². The number of nitrogen functional groups attached to an aromatic ring is 1. The number of aromatic nitrogens is 2. The first kappa shape index (κ1) is 12.8. The van der Waals surface area contributed by atoms with Gasteiger partial charge in [-0.2, -0.15) is 0 Å². The minimum Gasteiger partial charge on any atom is -0.494 e. The van der Waals surface area contributed by atoms with Crippen LogP contribution in [0.15, 0.2) is 29.1 Å². The number of hydrogen-bond acceptors (Lipinski definition) is 3. The van der Waals surface area contributed by atoms with Crippen molar-refractivity contribution in [2.24, 2.45) is 0 Å². The number of nitrogens with two attached hydrogens (primary N) is 1. The fourth-order valence-corrected chi connectivity index (χ4v) is 2.72. The molecule has 0 atom stereocenters. The average molecular weight is 273 g/mol. The summed E-state index contributed by atoms with van der Waals surface area (Å²) < 4.78 is 8.99. The lowest BCUT2D eigenvalue weighted by Gasteiger charge is -2.15. The lowest BCUT2D eigenvalue weighted by molar-refractivity contribution is 0.407. The lowest BCUT2D eigenvalue weighted by Crippen LogP contribution is -2.22.